The van der Waals surface area contributed by atoms with Gasteiger partial charge in [-0.3, -0.25) is 9.59 Å². The van der Waals surface area contributed by atoms with E-state index in [2.05, 4.69) is 20.8 Å². The second kappa shape index (κ2) is 6.10. The molecule has 0 radical (unpaired) electrons. The molecule has 3 saturated carbocycles. The fraction of sp³-hybridized carbons (Fsp3) is 0.895. The van der Waals surface area contributed by atoms with Gasteiger partial charge in [0.15, 0.2) is 5.60 Å². The third-order valence-corrected chi connectivity index (χ3v) is 6.77. The van der Waals surface area contributed by atoms with Crippen molar-refractivity contribution in [2.45, 2.75) is 71.3 Å². The zero-order valence-electron chi connectivity index (χ0n) is 14.7. The summed E-state index contributed by atoms with van der Waals surface area (Å²) >= 11 is 0. The molecule has 130 valence electrons. The van der Waals surface area contributed by atoms with Crippen LogP contribution in [0, 0.1) is 35.5 Å². The second-order valence-corrected chi connectivity index (χ2v) is 8.48. The van der Waals surface area contributed by atoms with Gasteiger partial charge in [0.05, 0.1) is 5.92 Å². The fourth-order valence-corrected chi connectivity index (χ4v) is 5.36. The molecule has 3 aliphatic carbocycles. The second-order valence-electron chi connectivity index (χ2n) is 8.48. The number of amides is 1. The van der Waals surface area contributed by atoms with Crippen LogP contribution in [0.5, 0.6) is 0 Å². The first-order valence-corrected chi connectivity index (χ1v) is 9.40. The molecule has 3 rings (SSSR count). The van der Waals surface area contributed by atoms with Gasteiger partial charge >= 0.3 is 5.97 Å². The number of carbonyl (C=O) groups excluding carboxylic acids is 2. The van der Waals surface area contributed by atoms with E-state index in [-0.39, 0.29) is 11.9 Å². The first-order chi connectivity index (χ1) is 10.9. The minimum absolute atomic E-state index is 0.00180. The highest BCUT2D eigenvalue weighted by Gasteiger charge is 2.63. The quantitative estimate of drug-likeness (QED) is 0.808. The topological polar surface area (TPSA) is 69.4 Å². The molecule has 0 aliphatic heterocycles. The van der Waals surface area contributed by atoms with Crippen LogP contribution in [-0.4, -0.2) is 17.5 Å². The monoisotopic (exact) mass is 321 g/mol. The van der Waals surface area contributed by atoms with Crippen LogP contribution >= 0.6 is 0 Å². The van der Waals surface area contributed by atoms with Crippen molar-refractivity contribution in [1.29, 1.82) is 0 Å². The molecular weight excluding hydrogens is 290 g/mol. The fourth-order valence-electron chi connectivity index (χ4n) is 5.36. The van der Waals surface area contributed by atoms with Crippen LogP contribution < -0.4 is 5.73 Å². The molecule has 0 aromatic rings. The Morgan fingerprint density at radius 3 is 2.30 bits per heavy atom. The number of rotatable bonds is 4. The highest BCUT2D eigenvalue weighted by atomic mass is 16.6. The van der Waals surface area contributed by atoms with Crippen molar-refractivity contribution >= 4 is 11.9 Å². The first kappa shape index (κ1) is 16.8. The minimum atomic E-state index is -1.03. The lowest BCUT2D eigenvalue weighted by molar-refractivity contribution is -0.173. The summed E-state index contributed by atoms with van der Waals surface area (Å²) in [6.45, 7) is 6.76. The van der Waals surface area contributed by atoms with Gasteiger partial charge in [-0.2, -0.15) is 0 Å². The number of esters is 1. The third-order valence-electron chi connectivity index (χ3n) is 6.77. The average Bonchev–Trinajstić information content (AvgIpc) is 3.24. The van der Waals surface area contributed by atoms with Crippen molar-refractivity contribution in [3.63, 3.8) is 0 Å². The Balaban J connectivity index is 1.72. The van der Waals surface area contributed by atoms with Crippen LogP contribution in [0.4, 0.5) is 0 Å². The van der Waals surface area contributed by atoms with Gasteiger partial charge in [0.25, 0.3) is 5.91 Å². The summed E-state index contributed by atoms with van der Waals surface area (Å²) < 4.78 is 5.82. The van der Waals surface area contributed by atoms with Crippen LogP contribution in [-0.2, 0) is 14.3 Å². The minimum Gasteiger partial charge on any atom is -0.449 e. The maximum Gasteiger partial charge on any atom is 0.310 e. The van der Waals surface area contributed by atoms with Crippen molar-refractivity contribution in [1.82, 2.24) is 0 Å². The maximum absolute atomic E-state index is 12.8. The number of hydrogen-bond acceptors (Lipinski definition) is 3. The van der Waals surface area contributed by atoms with Gasteiger partial charge in [-0.25, -0.2) is 0 Å². The number of hydrogen-bond donors (Lipinski definition) is 1. The van der Waals surface area contributed by atoms with E-state index in [9.17, 15) is 9.59 Å². The molecule has 5 atom stereocenters. The zero-order chi connectivity index (χ0) is 16.8. The Morgan fingerprint density at radius 1 is 1.09 bits per heavy atom. The van der Waals surface area contributed by atoms with E-state index in [0.717, 1.165) is 19.3 Å². The number of nitrogens with two attached hydrogens (primary N) is 1. The van der Waals surface area contributed by atoms with Crippen LogP contribution in [0.3, 0.4) is 0 Å². The van der Waals surface area contributed by atoms with E-state index in [0.29, 0.717) is 42.4 Å². The van der Waals surface area contributed by atoms with Gasteiger partial charge in [-0.1, -0.05) is 33.6 Å². The summed E-state index contributed by atoms with van der Waals surface area (Å²) in [5, 5.41) is 0. The first-order valence-electron chi connectivity index (χ1n) is 9.40. The lowest BCUT2D eigenvalue weighted by Gasteiger charge is -2.33. The van der Waals surface area contributed by atoms with Crippen LogP contribution in [0.2, 0.25) is 0 Å². The molecule has 0 aromatic carbocycles. The Bertz CT molecular complexity index is 481. The predicted molar refractivity (Wildman–Crippen MR) is 88.3 cm³/mol. The third kappa shape index (κ3) is 2.89. The standard InChI is InChI=1S/C19H31NO3/c1-11(2)13-8-7-12(3)14-15(13)16(14)17(21)23-19(18(20)22)9-5-4-6-10-19/h11-16H,4-10H2,1-3H3,(H2,20,22). The van der Waals surface area contributed by atoms with Crippen LogP contribution in [0.15, 0.2) is 0 Å². The molecule has 1 amide bonds. The molecule has 0 spiro atoms. The number of primary amides is 1. The molecular formula is C19H31NO3. The number of ether oxygens (including phenoxy) is 1. The van der Waals surface area contributed by atoms with Crippen molar-refractivity contribution in [3.8, 4) is 0 Å². The van der Waals surface area contributed by atoms with Crippen LogP contribution in [0.25, 0.3) is 0 Å². The van der Waals surface area contributed by atoms with E-state index >= 15 is 0 Å². The molecule has 2 N–H and O–H groups in total. The lowest BCUT2D eigenvalue weighted by Crippen LogP contribution is -2.49. The van der Waals surface area contributed by atoms with Gasteiger partial charge in [0, 0.05) is 0 Å². The summed E-state index contributed by atoms with van der Waals surface area (Å²) in [6, 6.07) is 0. The van der Waals surface area contributed by atoms with Gasteiger partial charge < -0.3 is 10.5 Å². The van der Waals surface area contributed by atoms with Crippen LogP contribution in [0.1, 0.15) is 65.7 Å². The molecule has 0 aromatic heterocycles. The molecule has 3 aliphatic rings. The molecule has 0 saturated heterocycles. The highest BCUT2D eigenvalue weighted by Crippen LogP contribution is 2.62. The van der Waals surface area contributed by atoms with E-state index < -0.39 is 11.5 Å². The zero-order valence-corrected chi connectivity index (χ0v) is 14.7. The molecule has 3 fully saturated rings. The van der Waals surface area contributed by atoms with Crippen molar-refractivity contribution in [2.24, 2.45) is 41.2 Å². The lowest BCUT2D eigenvalue weighted by atomic mass is 9.77. The number of carbonyl (C=O) groups is 2. The molecule has 4 nitrogen and oxygen atoms in total. The Labute approximate surface area is 139 Å². The normalized spacial score (nSPS) is 38.7. The molecule has 4 heteroatoms. The van der Waals surface area contributed by atoms with Gasteiger partial charge in [0.2, 0.25) is 0 Å². The molecule has 0 heterocycles. The van der Waals surface area contributed by atoms with Gasteiger partial charge in [0.1, 0.15) is 0 Å². The van der Waals surface area contributed by atoms with Gasteiger partial charge in [-0.15, -0.1) is 0 Å². The summed E-state index contributed by atoms with van der Waals surface area (Å²) in [5.41, 5.74) is 4.57. The van der Waals surface area contributed by atoms with Crippen molar-refractivity contribution in [3.05, 3.63) is 0 Å². The average molecular weight is 321 g/mol. The highest BCUT2D eigenvalue weighted by molar-refractivity contribution is 5.88. The molecule has 5 unspecified atom stereocenters. The molecule has 0 bridgehead atoms. The van der Waals surface area contributed by atoms with E-state index in [4.69, 9.17) is 10.5 Å². The van der Waals surface area contributed by atoms with Crippen molar-refractivity contribution < 1.29 is 14.3 Å². The summed E-state index contributed by atoms with van der Waals surface area (Å²) in [6.07, 6.45) is 6.53. The van der Waals surface area contributed by atoms with E-state index in [1.54, 1.807) is 0 Å². The summed E-state index contributed by atoms with van der Waals surface area (Å²) in [4.78, 5) is 24.8. The maximum atomic E-state index is 12.8. The number of fused-ring (bicyclic) bond motifs is 1. The smallest absolute Gasteiger partial charge is 0.310 e. The van der Waals surface area contributed by atoms with Crippen molar-refractivity contribution in [2.75, 3.05) is 0 Å². The van der Waals surface area contributed by atoms with Gasteiger partial charge in [-0.05, 0) is 61.7 Å². The molecule has 23 heavy (non-hydrogen) atoms. The van der Waals surface area contributed by atoms with E-state index in [1.807, 2.05) is 0 Å². The SMILES string of the molecule is CC(C)C1CCC(C)C2C(C(=O)OC3(C(N)=O)CCCCC3)C12. The Morgan fingerprint density at radius 2 is 1.74 bits per heavy atom. The summed E-state index contributed by atoms with van der Waals surface area (Å²) in [7, 11) is 0. The Kier molecular flexibility index (Phi) is 4.45. The summed E-state index contributed by atoms with van der Waals surface area (Å²) in [5.74, 6) is 2.11. The predicted octanol–water partition coefficient (Wildman–Crippen LogP) is 3.28. The largest absolute Gasteiger partial charge is 0.449 e. The Hall–Kier alpha value is -1.06. The van der Waals surface area contributed by atoms with E-state index in [1.165, 1.54) is 12.8 Å².